The summed E-state index contributed by atoms with van der Waals surface area (Å²) < 4.78 is 0.855. The number of aromatic nitrogens is 1. The summed E-state index contributed by atoms with van der Waals surface area (Å²) in [7, 11) is 0. The van der Waals surface area contributed by atoms with Crippen molar-refractivity contribution in [2.24, 2.45) is 11.8 Å². The molecule has 2 heterocycles. The molecule has 0 spiro atoms. The Morgan fingerprint density at radius 3 is 2.84 bits per heavy atom. The summed E-state index contributed by atoms with van der Waals surface area (Å²) in [6, 6.07) is 1.85. The predicted molar refractivity (Wildman–Crippen MR) is 80.0 cm³/mol. The number of likely N-dealkylation sites (tertiary alicyclic amines) is 1. The lowest BCUT2D eigenvalue weighted by molar-refractivity contribution is 0.0758. The zero-order chi connectivity index (χ0) is 13.8. The van der Waals surface area contributed by atoms with Crippen molar-refractivity contribution in [3.63, 3.8) is 0 Å². The molecule has 104 valence electrons. The van der Waals surface area contributed by atoms with E-state index >= 15 is 0 Å². The molecule has 1 saturated heterocycles. The summed E-state index contributed by atoms with van der Waals surface area (Å²) in [5.74, 6) is 1.57. The maximum Gasteiger partial charge on any atom is 0.255 e. The Hall–Kier alpha value is -0.900. The second-order valence-electron chi connectivity index (χ2n) is 5.62. The molecule has 2 rings (SSSR count). The number of nitrogens with zero attached hydrogens (tertiary/aromatic N) is 2. The highest BCUT2D eigenvalue weighted by atomic mass is 79.9. The van der Waals surface area contributed by atoms with E-state index in [0.717, 1.165) is 36.3 Å². The first-order valence-electron chi connectivity index (χ1n) is 6.97. The summed E-state index contributed by atoms with van der Waals surface area (Å²) in [5, 5.41) is 0. The second kappa shape index (κ2) is 6.51. The van der Waals surface area contributed by atoms with Crippen LogP contribution in [-0.4, -0.2) is 28.9 Å². The topological polar surface area (TPSA) is 33.2 Å². The van der Waals surface area contributed by atoms with Gasteiger partial charge in [0, 0.05) is 30.0 Å². The van der Waals surface area contributed by atoms with E-state index in [1.165, 1.54) is 6.42 Å². The predicted octanol–water partition coefficient (Wildman–Crippen LogP) is 3.74. The molecule has 0 saturated carbocycles. The molecule has 3 nitrogen and oxygen atoms in total. The van der Waals surface area contributed by atoms with Crippen molar-refractivity contribution in [3.8, 4) is 0 Å². The van der Waals surface area contributed by atoms with Gasteiger partial charge in [-0.05, 0) is 53.1 Å². The van der Waals surface area contributed by atoms with Crippen LogP contribution in [0.5, 0.6) is 0 Å². The van der Waals surface area contributed by atoms with Crippen LogP contribution >= 0.6 is 15.9 Å². The maximum atomic E-state index is 12.4. The van der Waals surface area contributed by atoms with Gasteiger partial charge < -0.3 is 4.90 Å². The molecule has 1 fully saturated rings. The average Bonchev–Trinajstić information content (AvgIpc) is 2.63. The zero-order valence-corrected chi connectivity index (χ0v) is 13.2. The van der Waals surface area contributed by atoms with Gasteiger partial charge in [-0.25, -0.2) is 0 Å². The van der Waals surface area contributed by atoms with Gasteiger partial charge in [-0.2, -0.15) is 0 Å². The monoisotopic (exact) mass is 324 g/mol. The molecule has 0 aliphatic carbocycles. The third-order valence-corrected chi connectivity index (χ3v) is 4.39. The number of pyridine rings is 1. The van der Waals surface area contributed by atoms with Gasteiger partial charge in [0.1, 0.15) is 0 Å². The van der Waals surface area contributed by atoms with Crippen LogP contribution in [0.25, 0.3) is 0 Å². The number of hydrogen-bond donors (Lipinski definition) is 0. The minimum absolute atomic E-state index is 0.109. The van der Waals surface area contributed by atoms with Gasteiger partial charge >= 0.3 is 0 Å². The largest absolute Gasteiger partial charge is 0.339 e. The van der Waals surface area contributed by atoms with Crippen LogP contribution in [0.2, 0.25) is 0 Å². The van der Waals surface area contributed by atoms with Crippen molar-refractivity contribution in [2.75, 3.05) is 13.1 Å². The minimum atomic E-state index is 0.109. The first kappa shape index (κ1) is 14.5. The van der Waals surface area contributed by atoms with E-state index < -0.39 is 0 Å². The molecule has 0 N–H and O–H groups in total. The van der Waals surface area contributed by atoms with E-state index in [2.05, 4.69) is 34.8 Å². The van der Waals surface area contributed by atoms with Crippen molar-refractivity contribution < 1.29 is 4.79 Å². The molecule has 1 aliphatic heterocycles. The van der Waals surface area contributed by atoms with Crippen LogP contribution in [0.15, 0.2) is 22.9 Å². The van der Waals surface area contributed by atoms with Crippen LogP contribution in [0, 0.1) is 11.8 Å². The van der Waals surface area contributed by atoms with Gasteiger partial charge in [0.25, 0.3) is 5.91 Å². The molecule has 0 bridgehead atoms. The number of carbonyl (C=O) groups excluding carboxylic acids is 1. The van der Waals surface area contributed by atoms with Crippen LogP contribution in [-0.2, 0) is 0 Å². The SMILES string of the molecule is CC(C)C1CCCN(C(=O)c2cncc(Br)c2)CC1. The molecule has 1 amide bonds. The van der Waals surface area contributed by atoms with E-state index in [9.17, 15) is 4.79 Å². The fourth-order valence-corrected chi connectivity index (χ4v) is 3.07. The molecule has 19 heavy (non-hydrogen) atoms. The Balaban J connectivity index is 2.04. The summed E-state index contributed by atoms with van der Waals surface area (Å²) in [6.07, 6.45) is 6.81. The maximum absolute atomic E-state index is 12.4. The lowest BCUT2D eigenvalue weighted by Crippen LogP contribution is -2.32. The molecule has 1 atom stereocenters. The fourth-order valence-electron chi connectivity index (χ4n) is 2.70. The van der Waals surface area contributed by atoms with Crippen molar-refractivity contribution >= 4 is 21.8 Å². The minimum Gasteiger partial charge on any atom is -0.339 e. The van der Waals surface area contributed by atoms with E-state index in [-0.39, 0.29) is 5.91 Å². The third kappa shape index (κ3) is 3.78. The zero-order valence-electron chi connectivity index (χ0n) is 11.6. The number of hydrogen-bond acceptors (Lipinski definition) is 2. The molecule has 1 aromatic rings. The van der Waals surface area contributed by atoms with Gasteiger partial charge in [-0.15, -0.1) is 0 Å². The molecule has 1 unspecified atom stereocenters. The Morgan fingerprint density at radius 2 is 2.16 bits per heavy atom. The van der Waals surface area contributed by atoms with E-state index in [1.807, 2.05) is 11.0 Å². The Bertz CT molecular complexity index is 448. The summed E-state index contributed by atoms with van der Waals surface area (Å²) >= 11 is 3.37. The van der Waals surface area contributed by atoms with Crippen LogP contribution in [0.1, 0.15) is 43.5 Å². The highest BCUT2D eigenvalue weighted by Crippen LogP contribution is 2.25. The van der Waals surface area contributed by atoms with Crippen LogP contribution in [0.4, 0.5) is 0 Å². The normalized spacial score (nSPS) is 20.4. The quantitative estimate of drug-likeness (QED) is 0.830. The molecule has 4 heteroatoms. The first-order valence-corrected chi connectivity index (χ1v) is 7.77. The average molecular weight is 325 g/mol. The standard InChI is InChI=1S/C15H21BrN2O/c1-11(2)12-4-3-6-18(7-5-12)15(19)13-8-14(16)10-17-9-13/h8-12H,3-7H2,1-2H3. The molecular formula is C15H21BrN2O. The molecule has 0 aromatic carbocycles. The number of rotatable bonds is 2. The summed E-state index contributed by atoms with van der Waals surface area (Å²) in [6.45, 7) is 6.30. The molecular weight excluding hydrogens is 304 g/mol. The van der Waals surface area contributed by atoms with Gasteiger partial charge in [-0.3, -0.25) is 9.78 Å². The summed E-state index contributed by atoms with van der Waals surface area (Å²) in [5.41, 5.74) is 0.678. The smallest absolute Gasteiger partial charge is 0.255 e. The lowest BCUT2D eigenvalue weighted by atomic mass is 9.89. The Morgan fingerprint density at radius 1 is 1.37 bits per heavy atom. The van der Waals surface area contributed by atoms with Gasteiger partial charge in [-0.1, -0.05) is 13.8 Å². The highest BCUT2D eigenvalue weighted by Gasteiger charge is 2.23. The van der Waals surface area contributed by atoms with Crippen LogP contribution in [0.3, 0.4) is 0 Å². The number of amides is 1. The third-order valence-electron chi connectivity index (χ3n) is 3.95. The van der Waals surface area contributed by atoms with Gasteiger partial charge in [0.15, 0.2) is 0 Å². The van der Waals surface area contributed by atoms with Crippen molar-refractivity contribution in [1.82, 2.24) is 9.88 Å². The summed E-state index contributed by atoms with van der Waals surface area (Å²) in [4.78, 5) is 18.5. The van der Waals surface area contributed by atoms with E-state index in [4.69, 9.17) is 0 Å². The highest BCUT2D eigenvalue weighted by molar-refractivity contribution is 9.10. The van der Waals surface area contributed by atoms with Crippen molar-refractivity contribution in [2.45, 2.75) is 33.1 Å². The van der Waals surface area contributed by atoms with E-state index in [1.54, 1.807) is 12.4 Å². The van der Waals surface area contributed by atoms with Crippen molar-refractivity contribution in [1.29, 1.82) is 0 Å². The second-order valence-corrected chi connectivity index (χ2v) is 6.53. The fraction of sp³-hybridized carbons (Fsp3) is 0.600. The Labute approximate surface area is 123 Å². The molecule has 1 aromatic heterocycles. The van der Waals surface area contributed by atoms with Crippen molar-refractivity contribution in [3.05, 3.63) is 28.5 Å². The number of halogens is 1. The van der Waals surface area contributed by atoms with E-state index in [0.29, 0.717) is 11.5 Å². The first-order chi connectivity index (χ1) is 9.08. The van der Waals surface area contributed by atoms with Gasteiger partial charge in [0.2, 0.25) is 0 Å². The van der Waals surface area contributed by atoms with Gasteiger partial charge in [0.05, 0.1) is 5.56 Å². The lowest BCUT2D eigenvalue weighted by Gasteiger charge is -2.21. The number of carbonyl (C=O) groups is 1. The molecule has 0 radical (unpaired) electrons. The Kier molecular flexibility index (Phi) is 4.97. The van der Waals surface area contributed by atoms with Crippen LogP contribution < -0.4 is 0 Å². The molecule has 1 aliphatic rings.